The molecule has 98 valence electrons. The number of Topliss-reactive ketones (excluding diaryl/α,β-unsaturated/α-hetero) is 2. The van der Waals surface area contributed by atoms with E-state index in [0.717, 1.165) is 12.8 Å². The fourth-order valence-corrected chi connectivity index (χ4v) is 2.06. The van der Waals surface area contributed by atoms with Crippen LogP contribution in [0.3, 0.4) is 0 Å². The molecule has 0 N–H and O–H groups in total. The van der Waals surface area contributed by atoms with Gasteiger partial charge in [0.15, 0.2) is 11.6 Å². The molecule has 0 unspecified atom stereocenters. The van der Waals surface area contributed by atoms with E-state index in [1.807, 2.05) is 6.07 Å². The summed E-state index contributed by atoms with van der Waals surface area (Å²) in [6.07, 6.45) is 6.21. The lowest BCUT2D eigenvalue weighted by atomic mass is 9.97. The molecule has 0 spiro atoms. The van der Waals surface area contributed by atoms with Gasteiger partial charge in [-0.25, -0.2) is 0 Å². The summed E-state index contributed by atoms with van der Waals surface area (Å²) in [6.45, 7) is 3.68. The SMILES string of the molecule is CCCCCCCC(=O)c1ccccc1C(C)=O. The molecule has 1 aromatic carbocycles. The molecule has 0 aliphatic heterocycles. The summed E-state index contributed by atoms with van der Waals surface area (Å²) < 4.78 is 0. The normalized spacial score (nSPS) is 10.3. The molecule has 0 aromatic heterocycles. The highest BCUT2D eigenvalue weighted by atomic mass is 16.1. The first-order valence-electron chi connectivity index (χ1n) is 6.80. The summed E-state index contributed by atoms with van der Waals surface area (Å²) in [5, 5.41) is 0. The Morgan fingerprint density at radius 3 is 2.17 bits per heavy atom. The molecule has 18 heavy (non-hydrogen) atoms. The summed E-state index contributed by atoms with van der Waals surface area (Å²) in [5.74, 6) is 0.0576. The highest BCUT2D eigenvalue weighted by Gasteiger charge is 2.12. The molecule has 0 amide bonds. The van der Waals surface area contributed by atoms with Crippen molar-refractivity contribution in [3.63, 3.8) is 0 Å². The van der Waals surface area contributed by atoms with E-state index in [9.17, 15) is 9.59 Å². The first kappa shape index (κ1) is 14.6. The van der Waals surface area contributed by atoms with E-state index in [4.69, 9.17) is 0 Å². The monoisotopic (exact) mass is 246 g/mol. The zero-order valence-corrected chi connectivity index (χ0v) is 11.4. The van der Waals surface area contributed by atoms with Crippen LogP contribution in [0.25, 0.3) is 0 Å². The predicted molar refractivity (Wildman–Crippen MR) is 74.2 cm³/mol. The van der Waals surface area contributed by atoms with Gasteiger partial charge in [-0.2, -0.15) is 0 Å². The molecule has 1 rings (SSSR count). The number of carbonyl (C=O) groups excluding carboxylic acids is 2. The van der Waals surface area contributed by atoms with E-state index in [1.54, 1.807) is 18.2 Å². The molecular weight excluding hydrogens is 224 g/mol. The number of carbonyl (C=O) groups is 2. The van der Waals surface area contributed by atoms with Crippen LogP contribution in [-0.4, -0.2) is 11.6 Å². The summed E-state index contributed by atoms with van der Waals surface area (Å²) in [5.41, 5.74) is 1.14. The van der Waals surface area contributed by atoms with Crippen molar-refractivity contribution >= 4 is 11.6 Å². The molecule has 0 atom stereocenters. The minimum Gasteiger partial charge on any atom is -0.294 e. The second-order valence-electron chi connectivity index (χ2n) is 4.69. The number of rotatable bonds is 8. The third-order valence-corrected chi connectivity index (χ3v) is 3.11. The van der Waals surface area contributed by atoms with Crippen molar-refractivity contribution in [2.24, 2.45) is 0 Å². The fraction of sp³-hybridized carbons (Fsp3) is 0.500. The molecule has 0 bridgehead atoms. The fourth-order valence-electron chi connectivity index (χ4n) is 2.06. The second kappa shape index (κ2) is 7.80. The van der Waals surface area contributed by atoms with E-state index in [1.165, 1.54) is 26.2 Å². The number of ketones is 2. The van der Waals surface area contributed by atoms with Gasteiger partial charge < -0.3 is 0 Å². The largest absolute Gasteiger partial charge is 0.294 e. The smallest absolute Gasteiger partial charge is 0.163 e. The van der Waals surface area contributed by atoms with Crippen LogP contribution >= 0.6 is 0 Å². The molecule has 0 saturated heterocycles. The Bertz CT molecular complexity index is 407. The van der Waals surface area contributed by atoms with Gasteiger partial charge in [0.25, 0.3) is 0 Å². The number of hydrogen-bond donors (Lipinski definition) is 0. The van der Waals surface area contributed by atoms with Gasteiger partial charge in [0.1, 0.15) is 0 Å². The molecule has 0 radical (unpaired) electrons. The maximum Gasteiger partial charge on any atom is 0.163 e. The molecule has 1 aromatic rings. The van der Waals surface area contributed by atoms with Crippen LogP contribution in [0.15, 0.2) is 24.3 Å². The van der Waals surface area contributed by atoms with Crippen LogP contribution in [0.2, 0.25) is 0 Å². The summed E-state index contributed by atoms with van der Waals surface area (Å²) in [7, 11) is 0. The van der Waals surface area contributed by atoms with E-state index < -0.39 is 0 Å². The average Bonchev–Trinajstić information content (AvgIpc) is 2.38. The Morgan fingerprint density at radius 1 is 0.944 bits per heavy atom. The van der Waals surface area contributed by atoms with Crippen LogP contribution in [0, 0.1) is 0 Å². The number of unbranched alkanes of at least 4 members (excludes halogenated alkanes) is 4. The Labute approximate surface area is 109 Å². The Balaban J connectivity index is 2.54. The minimum absolute atomic E-state index is 0.0371. The van der Waals surface area contributed by atoms with Gasteiger partial charge in [-0.3, -0.25) is 9.59 Å². The lowest BCUT2D eigenvalue weighted by Gasteiger charge is -2.05. The van der Waals surface area contributed by atoms with Crippen LogP contribution in [0.1, 0.15) is 73.1 Å². The lowest BCUT2D eigenvalue weighted by molar-refractivity contribution is 0.0959. The Kier molecular flexibility index (Phi) is 6.34. The molecule has 0 saturated carbocycles. The minimum atomic E-state index is -0.0371. The molecule has 0 heterocycles. The van der Waals surface area contributed by atoms with Gasteiger partial charge in [-0.1, -0.05) is 56.9 Å². The van der Waals surface area contributed by atoms with Gasteiger partial charge in [-0.05, 0) is 13.3 Å². The van der Waals surface area contributed by atoms with E-state index in [2.05, 4.69) is 6.92 Å². The first-order valence-corrected chi connectivity index (χ1v) is 6.80. The maximum absolute atomic E-state index is 12.1. The van der Waals surface area contributed by atoms with Crippen molar-refractivity contribution in [2.45, 2.75) is 52.4 Å². The molecular formula is C16H22O2. The van der Waals surface area contributed by atoms with Crippen molar-refractivity contribution in [3.05, 3.63) is 35.4 Å². The van der Waals surface area contributed by atoms with Gasteiger partial charge in [0, 0.05) is 17.5 Å². The first-order chi connectivity index (χ1) is 8.66. The van der Waals surface area contributed by atoms with Gasteiger partial charge in [0.2, 0.25) is 0 Å². The Hall–Kier alpha value is -1.44. The third kappa shape index (κ3) is 4.44. The van der Waals surface area contributed by atoms with E-state index in [-0.39, 0.29) is 11.6 Å². The Morgan fingerprint density at radius 2 is 1.56 bits per heavy atom. The van der Waals surface area contributed by atoms with Gasteiger partial charge >= 0.3 is 0 Å². The lowest BCUT2D eigenvalue weighted by Crippen LogP contribution is -2.06. The van der Waals surface area contributed by atoms with Crippen molar-refractivity contribution in [1.82, 2.24) is 0 Å². The van der Waals surface area contributed by atoms with E-state index >= 15 is 0 Å². The van der Waals surface area contributed by atoms with Crippen LogP contribution in [0.5, 0.6) is 0 Å². The van der Waals surface area contributed by atoms with Crippen LogP contribution < -0.4 is 0 Å². The van der Waals surface area contributed by atoms with Crippen molar-refractivity contribution in [3.8, 4) is 0 Å². The topological polar surface area (TPSA) is 34.1 Å². The summed E-state index contributed by atoms with van der Waals surface area (Å²) >= 11 is 0. The average molecular weight is 246 g/mol. The molecule has 2 heteroatoms. The molecule has 0 aliphatic rings. The van der Waals surface area contributed by atoms with Crippen molar-refractivity contribution < 1.29 is 9.59 Å². The molecule has 2 nitrogen and oxygen atoms in total. The zero-order chi connectivity index (χ0) is 13.4. The van der Waals surface area contributed by atoms with Crippen molar-refractivity contribution in [1.29, 1.82) is 0 Å². The molecule has 0 aliphatic carbocycles. The van der Waals surface area contributed by atoms with Gasteiger partial charge in [0.05, 0.1) is 0 Å². The maximum atomic E-state index is 12.1. The summed E-state index contributed by atoms with van der Waals surface area (Å²) in [4.78, 5) is 23.5. The number of hydrogen-bond acceptors (Lipinski definition) is 2. The van der Waals surface area contributed by atoms with Gasteiger partial charge in [-0.15, -0.1) is 0 Å². The standard InChI is InChI=1S/C16H22O2/c1-3-4-5-6-7-12-16(18)15-11-9-8-10-14(15)13(2)17/h8-11H,3-7,12H2,1-2H3. The predicted octanol–water partition coefficient (Wildman–Crippen LogP) is 4.43. The summed E-state index contributed by atoms with van der Waals surface area (Å²) in [6, 6.07) is 7.10. The third-order valence-electron chi connectivity index (χ3n) is 3.11. The van der Waals surface area contributed by atoms with Crippen LogP contribution in [-0.2, 0) is 0 Å². The zero-order valence-electron chi connectivity index (χ0n) is 11.4. The number of benzene rings is 1. The van der Waals surface area contributed by atoms with E-state index in [0.29, 0.717) is 17.5 Å². The van der Waals surface area contributed by atoms with Crippen molar-refractivity contribution in [2.75, 3.05) is 0 Å². The quantitative estimate of drug-likeness (QED) is 0.502. The highest BCUT2D eigenvalue weighted by molar-refractivity contribution is 6.07. The second-order valence-corrected chi connectivity index (χ2v) is 4.69. The molecule has 0 fully saturated rings. The highest BCUT2D eigenvalue weighted by Crippen LogP contribution is 2.14. The van der Waals surface area contributed by atoms with Crippen LogP contribution in [0.4, 0.5) is 0 Å².